The molecule has 0 saturated heterocycles. The van der Waals surface area contributed by atoms with Crippen molar-refractivity contribution >= 4 is 52.0 Å². The summed E-state index contributed by atoms with van der Waals surface area (Å²) in [7, 11) is 0. The number of nitrogens with zero attached hydrogens (tertiary/aromatic N) is 3. The number of hydrogen-bond donors (Lipinski definition) is 1. The topological polar surface area (TPSA) is 66.3 Å². The summed E-state index contributed by atoms with van der Waals surface area (Å²) in [4.78, 5) is 17.5. The minimum Gasteiger partial charge on any atom is -0.455 e. The summed E-state index contributed by atoms with van der Waals surface area (Å²) >= 11 is 7.51. The van der Waals surface area contributed by atoms with Gasteiger partial charge in [0.25, 0.3) is 0 Å². The minimum absolute atomic E-state index is 0.132. The molecule has 0 unspecified atom stereocenters. The molecule has 2 heterocycles. The third kappa shape index (κ3) is 4.35. The Bertz CT molecular complexity index is 1220. The number of carbonyl (C=O) groups is 1. The molecule has 0 aliphatic carbocycles. The number of ether oxygens (including phenoxy) is 1. The molecule has 1 atom stereocenters. The molecular weight excluding hydrogens is 444 g/mol. The van der Waals surface area contributed by atoms with Crippen molar-refractivity contribution in [3.8, 4) is 11.5 Å². The number of amidine groups is 1. The molecule has 1 N–H and O–H groups in total. The molecule has 0 saturated carbocycles. The van der Waals surface area contributed by atoms with Crippen LogP contribution in [0.3, 0.4) is 0 Å². The molecule has 32 heavy (non-hydrogen) atoms. The SMILES string of the molecule is O=C(CSC1=Nc2ccccc2[C@@H]2CC=NN12)Nc1cc(Cl)ccc1Oc1ccccc1. The van der Waals surface area contributed by atoms with Gasteiger partial charge in [0.05, 0.1) is 23.2 Å². The number of amides is 1. The van der Waals surface area contributed by atoms with E-state index in [0.717, 1.165) is 17.7 Å². The molecule has 0 spiro atoms. The van der Waals surface area contributed by atoms with Crippen molar-refractivity contribution in [1.29, 1.82) is 0 Å². The number of rotatable bonds is 5. The van der Waals surface area contributed by atoms with Gasteiger partial charge >= 0.3 is 0 Å². The predicted octanol–water partition coefficient (Wildman–Crippen LogP) is 6.24. The number of halogens is 1. The number of thioether (sulfide) groups is 1. The first kappa shape index (κ1) is 20.6. The normalized spacial score (nSPS) is 16.2. The quantitative estimate of drug-likeness (QED) is 0.487. The second-order valence-electron chi connectivity index (χ2n) is 7.24. The largest absolute Gasteiger partial charge is 0.455 e. The van der Waals surface area contributed by atoms with E-state index in [1.807, 2.05) is 59.8 Å². The van der Waals surface area contributed by atoms with E-state index in [-0.39, 0.29) is 17.7 Å². The van der Waals surface area contributed by atoms with Crippen LogP contribution in [0.4, 0.5) is 11.4 Å². The molecule has 3 aromatic rings. The fourth-order valence-corrected chi connectivity index (χ4v) is 4.58. The van der Waals surface area contributed by atoms with Crippen LogP contribution in [-0.2, 0) is 4.79 Å². The summed E-state index contributed by atoms with van der Waals surface area (Å²) in [6.07, 6.45) is 2.72. The van der Waals surface area contributed by atoms with Gasteiger partial charge in [0.2, 0.25) is 5.91 Å². The van der Waals surface area contributed by atoms with Gasteiger partial charge in [-0.3, -0.25) is 4.79 Å². The average molecular weight is 463 g/mol. The summed E-state index contributed by atoms with van der Waals surface area (Å²) in [5.74, 6) is 1.19. The molecule has 3 aromatic carbocycles. The Morgan fingerprint density at radius 3 is 2.81 bits per heavy atom. The van der Waals surface area contributed by atoms with Crippen LogP contribution in [0, 0.1) is 0 Å². The molecule has 160 valence electrons. The Hall–Kier alpha value is -3.29. The Labute approximate surface area is 194 Å². The van der Waals surface area contributed by atoms with Crippen LogP contribution in [0.2, 0.25) is 5.02 Å². The molecule has 6 nitrogen and oxygen atoms in total. The predicted molar refractivity (Wildman–Crippen MR) is 130 cm³/mol. The fourth-order valence-electron chi connectivity index (χ4n) is 3.60. The molecule has 0 radical (unpaired) electrons. The van der Waals surface area contributed by atoms with Crippen LogP contribution in [0.1, 0.15) is 18.0 Å². The Balaban J connectivity index is 1.29. The van der Waals surface area contributed by atoms with Crippen LogP contribution in [0.5, 0.6) is 11.5 Å². The third-order valence-electron chi connectivity index (χ3n) is 5.06. The van der Waals surface area contributed by atoms with Gasteiger partial charge in [0, 0.05) is 23.2 Å². The van der Waals surface area contributed by atoms with E-state index in [0.29, 0.717) is 27.4 Å². The van der Waals surface area contributed by atoms with Crippen molar-refractivity contribution < 1.29 is 9.53 Å². The van der Waals surface area contributed by atoms with E-state index in [4.69, 9.17) is 21.3 Å². The number of nitrogens with one attached hydrogen (secondary N) is 1. The van der Waals surface area contributed by atoms with E-state index in [1.165, 1.54) is 11.8 Å². The summed E-state index contributed by atoms with van der Waals surface area (Å²) in [5.41, 5.74) is 2.59. The highest BCUT2D eigenvalue weighted by Gasteiger charge is 2.32. The highest BCUT2D eigenvalue weighted by atomic mass is 35.5. The lowest BCUT2D eigenvalue weighted by Gasteiger charge is -2.29. The summed E-state index contributed by atoms with van der Waals surface area (Å²) < 4.78 is 5.92. The first-order valence-corrected chi connectivity index (χ1v) is 11.5. The molecule has 2 aliphatic heterocycles. The smallest absolute Gasteiger partial charge is 0.234 e. The number of carbonyl (C=O) groups excluding carboxylic acids is 1. The summed E-state index contributed by atoms with van der Waals surface area (Å²) in [6, 6.07) is 22.7. The van der Waals surface area contributed by atoms with E-state index < -0.39 is 0 Å². The molecule has 0 aromatic heterocycles. The van der Waals surface area contributed by atoms with E-state index in [2.05, 4.69) is 16.5 Å². The number of hydrazone groups is 1. The Kier molecular flexibility index (Phi) is 5.83. The van der Waals surface area contributed by atoms with Gasteiger partial charge in [-0.1, -0.05) is 59.8 Å². The zero-order chi connectivity index (χ0) is 21.9. The lowest BCUT2D eigenvalue weighted by Crippen LogP contribution is -2.29. The second kappa shape index (κ2) is 9.06. The van der Waals surface area contributed by atoms with E-state index in [1.54, 1.807) is 18.2 Å². The van der Waals surface area contributed by atoms with Crippen molar-refractivity contribution in [3.05, 3.63) is 83.4 Å². The molecule has 0 bridgehead atoms. The van der Waals surface area contributed by atoms with Crippen molar-refractivity contribution in [2.24, 2.45) is 10.1 Å². The lowest BCUT2D eigenvalue weighted by atomic mass is 10.0. The van der Waals surface area contributed by atoms with Gasteiger partial charge in [-0.15, -0.1) is 0 Å². The maximum Gasteiger partial charge on any atom is 0.234 e. The summed E-state index contributed by atoms with van der Waals surface area (Å²) in [6.45, 7) is 0. The first-order chi connectivity index (χ1) is 15.7. The van der Waals surface area contributed by atoms with Crippen molar-refractivity contribution in [2.45, 2.75) is 12.5 Å². The number of para-hydroxylation sites is 2. The molecule has 1 amide bonds. The van der Waals surface area contributed by atoms with Crippen molar-refractivity contribution in [1.82, 2.24) is 5.01 Å². The Morgan fingerprint density at radius 1 is 1.12 bits per heavy atom. The fraction of sp³-hybridized carbons (Fsp3) is 0.125. The maximum absolute atomic E-state index is 12.8. The monoisotopic (exact) mass is 462 g/mol. The molecule has 2 aliphatic rings. The van der Waals surface area contributed by atoms with Crippen LogP contribution in [0.15, 0.2) is 82.9 Å². The average Bonchev–Trinajstić information content (AvgIpc) is 3.31. The van der Waals surface area contributed by atoms with Crippen LogP contribution >= 0.6 is 23.4 Å². The molecule has 8 heteroatoms. The van der Waals surface area contributed by atoms with E-state index in [9.17, 15) is 4.79 Å². The highest BCUT2D eigenvalue weighted by Crippen LogP contribution is 2.41. The summed E-state index contributed by atoms with van der Waals surface area (Å²) in [5, 5.41) is 10.5. The van der Waals surface area contributed by atoms with Crippen molar-refractivity contribution in [3.63, 3.8) is 0 Å². The number of hydrogen-bond acceptors (Lipinski definition) is 6. The number of anilines is 1. The number of aliphatic imine (C=N–C) groups is 1. The van der Waals surface area contributed by atoms with Crippen LogP contribution in [-0.4, -0.2) is 28.1 Å². The van der Waals surface area contributed by atoms with Gasteiger partial charge in [-0.25, -0.2) is 10.0 Å². The second-order valence-corrected chi connectivity index (χ2v) is 8.62. The number of benzene rings is 3. The minimum atomic E-state index is -0.184. The first-order valence-electron chi connectivity index (χ1n) is 10.1. The maximum atomic E-state index is 12.8. The zero-order valence-electron chi connectivity index (χ0n) is 16.9. The van der Waals surface area contributed by atoms with Crippen molar-refractivity contribution in [2.75, 3.05) is 11.1 Å². The van der Waals surface area contributed by atoms with Crippen LogP contribution in [0.25, 0.3) is 0 Å². The lowest BCUT2D eigenvalue weighted by molar-refractivity contribution is -0.113. The standard InChI is InChI=1S/C24H19ClN4O2S/c25-16-10-11-22(31-17-6-2-1-3-7-17)20(14-16)27-23(30)15-32-24-28-19-9-5-4-8-18(19)21-12-13-26-29(21)24/h1-11,13-14,21H,12,15H2,(H,27,30)/t21-/m0/s1. The van der Waals surface area contributed by atoms with Gasteiger partial charge in [0.1, 0.15) is 5.75 Å². The zero-order valence-corrected chi connectivity index (χ0v) is 18.5. The van der Waals surface area contributed by atoms with Gasteiger partial charge in [-0.05, 0) is 36.4 Å². The van der Waals surface area contributed by atoms with Gasteiger partial charge in [0.15, 0.2) is 10.9 Å². The highest BCUT2D eigenvalue weighted by molar-refractivity contribution is 8.14. The van der Waals surface area contributed by atoms with Gasteiger partial charge < -0.3 is 10.1 Å². The van der Waals surface area contributed by atoms with E-state index >= 15 is 0 Å². The molecule has 0 fully saturated rings. The third-order valence-corrected chi connectivity index (χ3v) is 6.24. The number of fused-ring (bicyclic) bond motifs is 3. The molecule has 5 rings (SSSR count). The van der Waals surface area contributed by atoms with Gasteiger partial charge in [-0.2, -0.15) is 5.10 Å². The Morgan fingerprint density at radius 2 is 1.94 bits per heavy atom. The van der Waals surface area contributed by atoms with Crippen LogP contribution < -0.4 is 10.1 Å². The molecular formula is C24H19ClN4O2S.